The molecule has 3 heteroatoms. The Labute approximate surface area is 97.6 Å². The fraction of sp³-hybridized carbons (Fsp3) is 0.769. The summed E-state index contributed by atoms with van der Waals surface area (Å²) in [6.07, 6.45) is 7.78. The first kappa shape index (κ1) is 11.6. The zero-order valence-corrected chi connectivity index (χ0v) is 10.2. The lowest BCUT2D eigenvalue weighted by molar-refractivity contribution is 0.318. The fourth-order valence-corrected chi connectivity index (χ4v) is 2.38. The molecule has 1 aliphatic carbocycles. The molecular formula is C13H22N2O. The van der Waals surface area contributed by atoms with E-state index in [-0.39, 0.29) is 0 Å². The van der Waals surface area contributed by atoms with Crippen molar-refractivity contribution in [3.63, 3.8) is 0 Å². The van der Waals surface area contributed by atoms with Crippen LogP contribution in [0.15, 0.2) is 10.6 Å². The van der Waals surface area contributed by atoms with Crippen molar-refractivity contribution < 1.29 is 4.52 Å². The first-order valence-electron chi connectivity index (χ1n) is 6.56. The Balaban J connectivity index is 1.85. The van der Waals surface area contributed by atoms with E-state index in [9.17, 15) is 0 Å². The van der Waals surface area contributed by atoms with Gasteiger partial charge in [0.2, 0.25) is 0 Å². The van der Waals surface area contributed by atoms with E-state index in [0.717, 1.165) is 31.0 Å². The molecule has 0 saturated heterocycles. The molecule has 0 atom stereocenters. The number of aromatic nitrogens is 1. The van der Waals surface area contributed by atoms with Gasteiger partial charge in [-0.25, -0.2) is 0 Å². The summed E-state index contributed by atoms with van der Waals surface area (Å²) in [6, 6.07) is 2.14. The van der Waals surface area contributed by atoms with E-state index in [4.69, 9.17) is 4.52 Å². The van der Waals surface area contributed by atoms with Crippen LogP contribution in [0.5, 0.6) is 0 Å². The van der Waals surface area contributed by atoms with Crippen LogP contribution in [0.1, 0.15) is 62.8 Å². The van der Waals surface area contributed by atoms with E-state index in [2.05, 4.69) is 23.5 Å². The summed E-state index contributed by atoms with van der Waals surface area (Å²) in [5.74, 6) is 1.73. The lowest BCUT2D eigenvalue weighted by Gasteiger charge is -2.18. The lowest BCUT2D eigenvalue weighted by atomic mass is 9.87. The quantitative estimate of drug-likeness (QED) is 0.777. The molecule has 0 spiro atoms. The molecule has 16 heavy (non-hydrogen) atoms. The van der Waals surface area contributed by atoms with Crippen molar-refractivity contribution in [2.45, 2.75) is 57.9 Å². The molecule has 1 aliphatic rings. The molecule has 1 aromatic rings. The van der Waals surface area contributed by atoms with Crippen LogP contribution in [0.3, 0.4) is 0 Å². The maximum absolute atomic E-state index is 5.44. The normalized spacial score (nSPS) is 17.8. The SMILES string of the molecule is CCCNCc1cc(C2CCCCC2)on1. The average molecular weight is 222 g/mol. The van der Waals surface area contributed by atoms with Gasteiger partial charge in [0.05, 0.1) is 5.69 Å². The van der Waals surface area contributed by atoms with Crippen molar-refractivity contribution in [2.75, 3.05) is 6.54 Å². The van der Waals surface area contributed by atoms with E-state index in [1.165, 1.54) is 32.1 Å². The molecule has 0 aromatic carbocycles. The van der Waals surface area contributed by atoms with E-state index in [1.807, 2.05) is 0 Å². The highest BCUT2D eigenvalue weighted by Crippen LogP contribution is 2.32. The van der Waals surface area contributed by atoms with Crippen LogP contribution in [-0.2, 0) is 6.54 Å². The van der Waals surface area contributed by atoms with Gasteiger partial charge in [-0.3, -0.25) is 0 Å². The summed E-state index contributed by atoms with van der Waals surface area (Å²) in [6.45, 7) is 4.05. The van der Waals surface area contributed by atoms with Gasteiger partial charge >= 0.3 is 0 Å². The molecule has 3 nitrogen and oxygen atoms in total. The Kier molecular flexibility index (Phi) is 4.40. The number of nitrogens with one attached hydrogen (secondary N) is 1. The van der Waals surface area contributed by atoms with Crippen LogP contribution < -0.4 is 5.32 Å². The summed E-state index contributed by atoms with van der Waals surface area (Å²) in [7, 11) is 0. The Morgan fingerprint density at radius 3 is 2.94 bits per heavy atom. The van der Waals surface area contributed by atoms with Crippen LogP contribution in [0.25, 0.3) is 0 Å². The summed E-state index contributed by atoms with van der Waals surface area (Å²) < 4.78 is 5.44. The molecule has 2 rings (SSSR count). The minimum atomic E-state index is 0.626. The van der Waals surface area contributed by atoms with Gasteiger partial charge in [-0.15, -0.1) is 0 Å². The van der Waals surface area contributed by atoms with Crippen molar-refractivity contribution >= 4 is 0 Å². The Morgan fingerprint density at radius 2 is 2.19 bits per heavy atom. The highest BCUT2D eigenvalue weighted by molar-refractivity contribution is 5.10. The van der Waals surface area contributed by atoms with Gasteiger partial charge in [0.25, 0.3) is 0 Å². The van der Waals surface area contributed by atoms with Crippen LogP contribution in [0, 0.1) is 0 Å². The standard InChI is InChI=1S/C13H22N2O/c1-2-8-14-10-12-9-13(16-15-12)11-6-4-3-5-7-11/h9,11,14H,2-8,10H2,1H3. The van der Waals surface area contributed by atoms with Gasteiger partial charge in [0.1, 0.15) is 5.76 Å². The van der Waals surface area contributed by atoms with Gasteiger partial charge < -0.3 is 9.84 Å². The number of hydrogen-bond acceptors (Lipinski definition) is 3. The van der Waals surface area contributed by atoms with Gasteiger partial charge in [0.15, 0.2) is 0 Å². The fourth-order valence-electron chi connectivity index (χ4n) is 2.38. The van der Waals surface area contributed by atoms with Crippen LogP contribution in [0.2, 0.25) is 0 Å². The maximum atomic E-state index is 5.44. The first-order chi connectivity index (χ1) is 7.90. The number of rotatable bonds is 5. The summed E-state index contributed by atoms with van der Waals surface area (Å²) in [5, 5.41) is 7.47. The third-order valence-corrected chi connectivity index (χ3v) is 3.32. The first-order valence-corrected chi connectivity index (χ1v) is 6.56. The van der Waals surface area contributed by atoms with E-state index in [1.54, 1.807) is 0 Å². The Bertz CT molecular complexity index is 303. The second-order valence-electron chi connectivity index (χ2n) is 4.73. The Morgan fingerprint density at radius 1 is 1.38 bits per heavy atom. The summed E-state index contributed by atoms with van der Waals surface area (Å²) in [5.41, 5.74) is 1.05. The topological polar surface area (TPSA) is 38.1 Å². The highest BCUT2D eigenvalue weighted by Gasteiger charge is 2.19. The third-order valence-electron chi connectivity index (χ3n) is 3.32. The second-order valence-corrected chi connectivity index (χ2v) is 4.73. The van der Waals surface area contributed by atoms with Crippen LogP contribution in [0.4, 0.5) is 0 Å². The molecule has 0 aliphatic heterocycles. The molecule has 1 N–H and O–H groups in total. The monoisotopic (exact) mass is 222 g/mol. The molecule has 90 valence electrons. The molecule has 1 heterocycles. The minimum absolute atomic E-state index is 0.626. The van der Waals surface area contributed by atoms with Crippen molar-refractivity contribution in [1.29, 1.82) is 0 Å². The van der Waals surface area contributed by atoms with Crippen molar-refractivity contribution in [1.82, 2.24) is 10.5 Å². The highest BCUT2D eigenvalue weighted by atomic mass is 16.5. The van der Waals surface area contributed by atoms with Crippen LogP contribution >= 0.6 is 0 Å². The average Bonchev–Trinajstić information content (AvgIpc) is 2.79. The lowest BCUT2D eigenvalue weighted by Crippen LogP contribution is -2.13. The third kappa shape index (κ3) is 3.08. The van der Waals surface area contributed by atoms with E-state index >= 15 is 0 Å². The molecule has 0 unspecified atom stereocenters. The molecular weight excluding hydrogens is 200 g/mol. The van der Waals surface area contributed by atoms with E-state index in [0.29, 0.717) is 5.92 Å². The van der Waals surface area contributed by atoms with E-state index < -0.39 is 0 Å². The largest absolute Gasteiger partial charge is 0.361 e. The second kappa shape index (κ2) is 6.04. The molecule has 1 saturated carbocycles. The predicted molar refractivity (Wildman–Crippen MR) is 64.3 cm³/mol. The maximum Gasteiger partial charge on any atom is 0.140 e. The summed E-state index contributed by atoms with van der Waals surface area (Å²) >= 11 is 0. The van der Waals surface area contributed by atoms with Crippen molar-refractivity contribution in [2.24, 2.45) is 0 Å². The molecule has 0 amide bonds. The van der Waals surface area contributed by atoms with Gasteiger partial charge in [-0.1, -0.05) is 31.3 Å². The van der Waals surface area contributed by atoms with Crippen molar-refractivity contribution in [3.8, 4) is 0 Å². The number of nitrogens with zero attached hydrogens (tertiary/aromatic N) is 1. The molecule has 1 fully saturated rings. The predicted octanol–water partition coefficient (Wildman–Crippen LogP) is 3.22. The van der Waals surface area contributed by atoms with Gasteiger partial charge in [0, 0.05) is 18.5 Å². The summed E-state index contributed by atoms with van der Waals surface area (Å²) in [4.78, 5) is 0. The zero-order valence-electron chi connectivity index (χ0n) is 10.2. The zero-order chi connectivity index (χ0) is 11.2. The molecule has 0 bridgehead atoms. The number of hydrogen-bond donors (Lipinski definition) is 1. The van der Waals surface area contributed by atoms with Gasteiger partial charge in [-0.05, 0) is 25.8 Å². The molecule has 1 aromatic heterocycles. The van der Waals surface area contributed by atoms with Crippen molar-refractivity contribution in [3.05, 3.63) is 17.5 Å². The van der Waals surface area contributed by atoms with Crippen LogP contribution in [-0.4, -0.2) is 11.7 Å². The molecule has 0 radical (unpaired) electrons. The minimum Gasteiger partial charge on any atom is -0.361 e. The smallest absolute Gasteiger partial charge is 0.140 e. The Hall–Kier alpha value is -0.830. The van der Waals surface area contributed by atoms with Gasteiger partial charge in [-0.2, -0.15) is 0 Å².